The van der Waals surface area contributed by atoms with E-state index in [9.17, 15) is 14.7 Å². The zero-order valence-corrected chi connectivity index (χ0v) is 11.9. The number of hydrogen-bond donors (Lipinski definition) is 2. The number of anilines is 1. The van der Waals surface area contributed by atoms with Crippen LogP contribution >= 0.6 is 0 Å². The highest BCUT2D eigenvalue weighted by atomic mass is 16.4. The van der Waals surface area contributed by atoms with Crippen molar-refractivity contribution >= 4 is 17.6 Å². The number of aliphatic carboxylic acids is 1. The first-order valence-electron chi connectivity index (χ1n) is 6.65. The molecule has 2 rings (SSSR count). The van der Waals surface area contributed by atoms with Gasteiger partial charge in [-0.05, 0) is 37.5 Å². The van der Waals surface area contributed by atoms with Crippen molar-refractivity contribution in [2.24, 2.45) is 0 Å². The van der Waals surface area contributed by atoms with E-state index < -0.39 is 17.5 Å². The molecule has 0 aromatic heterocycles. The second-order valence-corrected chi connectivity index (χ2v) is 5.61. The fourth-order valence-corrected chi connectivity index (χ4v) is 2.59. The summed E-state index contributed by atoms with van der Waals surface area (Å²) in [5.41, 5.74) is 1.38. The number of carboxylic acids is 1. The van der Waals surface area contributed by atoms with E-state index in [0.29, 0.717) is 12.1 Å². The molecule has 5 heteroatoms. The molecule has 1 aliphatic rings. The lowest BCUT2D eigenvalue weighted by Crippen LogP contribution is -2.39. The van der Waals surface area contributed by atoms with Crippen LogP contribution in [0.1, 0.15) is 44.4 Å². The summed E-state index contributed by atoms with van der Waals surface area (Å²) in [4.78, 5) is 24.6. The molecule has 1 aromatic carbocycles. The van der Waals surface area contributed by atoms with Crippen molar-refractivity contribution in [1.29, 1.82) is 0 Å². The molecular weight excluding hydrogens is 258 g/mol. The SMILES string of the molecule is CCC(O)c1ccc2c(c1)C(C)(C)C(=O)N2CC(=O)O. The van der Waals surface area contributed by atoms with E-state index in [0.717, 1.165) is 11.1 Å². The highest BCUT2D eigenvalue weighted by Crippen LogP contribution is 2.42. The number of fused-ring (bicyclic) bond motifs is 1. The van der Waals surface area contributed by atoms with Gasteiger partial charge in [0.05, 0.1) is 11.5 Å². The molecule has 2 N–H and O–H groups in total. The fraction of sp³-hybridized carbons (Fsp3) is 0.467. The van der Waals surface area contributed by atoms with Crippen LogP contribution in [0.15, 0.2) is 18.2 Å². The number of carbonyl (C=O) groups excluding carboxylic acids is 1. The van der Waals surface area contributed by atoms with Crippen LogP contribution in [0.2, 0.25) is 0 Å². The van der Waals surface area contributed by atoms with E-state index in [-0.39, 0.29) is 12.5 Å². The molecule has 0 aliphatic carbocycles. The molecule has 108 valence electrons. The summed E-state index contributed by atoms with van der Waals surface area (Å²) in [5, 5.41) is 18.8. The summed E-state index contributed by atoms with van der Waals surface area (Å²) in [7, 11) is 0. The molecule has 1 unspecified atom stereocenters. The van der Waals surface area contributed by atoms with Crippen LogP contribution in [0.25, 0.3) is 0 Å². The number of aliphatic hydroxyl groups excluding tert-OH is 1. The summed E-state index contributed by atoms with van der Waals surface area (Å²) >= 11 is 0. The summed E-state index contributed by atoms with van der Waals surface area (Å²) in [6.45, 7) is 5.09. The van der Waals surface area contributed by atoms with Gasteiger partial charge in [-0.15, -0.1) is 0 Å². The normalized spacial score (nSPS) is 18.0. The highest BCUT2D eigenvalue weighted by Gasteiger charge is 2.44. The van der Waals surface area contributed by atoms with E-state index in [4.69, 9.17) is 5.11 Å². The van der Waals surface area contributed by atoms with Crippen LogP contribution < -0.4 is 4.90 Å². The van der Waals surface area contributed by atoms with Gasteiger partial charge in [0.15, 0.2) is 0 Å². The van der Waals surface area contributed by atoms with Crippen molar-refractivity contribution in [3.63, 3.8) is 0 Å². The minimum atomic E-state index is -1.04. The molecule has 1 atom stereocenters. The molecule has 1 heterocycles. The maximum Gasteiger partial charge on any atom is 0.323 e. The quantitative estimate of drug-likeness (QED) is 0.880. The second kappa shape index (κ2) is 4.90. The Morgan fingerprint density at radius 1 is 1.40 bits per heavy atom. The molecule has 0 bridgehead atoms. The van der Waals surface area contributed by atoms with E-state index in [1.807, 2.05) is 13.0 Å². The molecule has 20 heavy (non-hydrogen) atoms. The smallest absolute Gasteiger partial charge is 0.323 e. The third-order valence-corrected chi connectivity index (χ3v) is 3.83. The van der Waals surface area contributed by atoms with Crippen molar-refractivity contribution in [2.45, 2.75) is 38.7 Å². The number of benzene rings is 1. The standard InChI is InChI=1S/C15H19NO4/c1-4-12(17)9-5-6-11-10(7-9)15(2,3)14(20)16(11)8-13(18)19/h5-7,12,17H,4,8H2,1-3H3,(H,18,19). The summed E-state index contributed by atoms with van der Waals surface area (Å²) in [5.74, 6) is -1.27. The van der Waals surface area contributed by atoms with Gasteiger partial charge in [-0.3, -0.25) is 9.59 Å². The highest BCUT2D eigenvalue weighted by molar-refractivity contribution is 6.09. The Morgan fingerprint density at radius 2 is 2.05 bits per heavy atom. The van der Waals surface area contributed by atoms with Crippen LogP contribution in [0.4, 0.5) is 5.69 Å². The Balaban J connectivity index is 2.51. The predicted octanol–water partition coefficient (Wildman–Crippen LogP) is 1.84. The first-order valence-corrected chi connectivity index (χ1v) is 6.65. The maximum atomic E-state index is 12.4. The minimum absolute atomic E-state index is 0.224. The summed E-state index contributed by atoms with van der Waals surface area (Å²) in [6.07, 6.45) is 0.0196. The molecular formula is C15H19NO4. The minimum Gasteiger partial charge on any atom is -0.480 e. The molecule has 5 nitrogen and oxygen atoms in total. The van der Waals surface area contributed by atoms with Crippen molar-refractivity contribution < 1.29 is 19.8 Å². The molecule has 1 aliphatic heterocycles. The van der Waals surface area contributed by atoms with Gasteiger partial charge in [0.25, 0.3) is 0 Å². The van der Waals surface area contributed by atoms with Gasteiger partial charge in [-0.2, -0.15) is 0 Å². The lowest BCUT2D eigenvalue weighted by Gasteiger charge is -2.18. The summed E-state index contributed by atoms with van der Waals surface area (Å²) in [6, 6.07) is 5.28. The average Bonchev–Trinajstić information content (AvgIpc) is 2.58. The maximum absolute atomic E-state index is 12.4. The van der Waals surface area contributed by atoms with Crippen LogP contribution in [-0.4, -0.2) is 28.6 Å². The molecule has 0 spiro atoms. The van der Waals surface area contributed by atoms with Gasteiger partial charge in [0, 0.05) is 5.69 Å². The van der Waals surface area contributed by atoms with Crippen molar-refractivity contribution in [3.8, 4) is 0 Å². The van der Waals surface area contributed by atoms with Gasteiger partial charge in [-0.25, -0.2) is 0 Å². The number of nitrogens with zero attached hydrogens (tertiary/aromatic N) is 1. The van der Waals surface area contributed by atoms with E-state index in [1.165, 1.54) is 4.90 Å². The van der Waals surface area contributed by atoms with Crippen LogP contribution in [0.5, 0.6) is 0 Å². The Bertz CT molecular complexity index is 565. The number of aliphatic hydroxyl groups is 1. The Labute approximate surface area is 117 Å². The van der Waals surface area contributed by atoms with Crippen molar-refractivity contribution in [3.05, 3.63) is 29.3 Å². The average molecular weight is 277 g/mol. The number of carboxylic acid groups (broad SMARTS) is 1. The molecule has 1 aromatic rings. The van der Waals surface area contributed by atoms with Crippen molar-refractivity contribution in [1.82, 2.24) is 0 Å². The zero-order valence-electron chi connectivity index (χ0n) is 11.9. The van der Waals surface area contributed by atoms with Gasteiger partial charge >= 0.3 is 5.97 Å². The third-order valence-electron chi connectivity index (χ3n) is 3.83. The molecule has 1 amide bonds. The predicted molar refractivity (Wildman–Crippen MR) is 74.7 cm³/mol. The first kappa shape index (κ1) is 14.5. The zero-order chi connectivity index (χ0) is 15.1. The lowest BCUT2D eigenvalue weighted by molar-refractivity contribution is -0.137. The largest absolute Gasteiger partial charge is 0.480 e. The number of amides is 1. The summed E-state index contributed by atoms with van der Waals surface area (Å²) < 4.78 is 0. The first-order chi connectivity index (χ1) is 9.28. The third kappa shape index (κ3) is 2.18. The van der Waals surface area contributed by atoms with Crippen LogP contribution in [-0.2, 0) is 15.0 Å². The number of rotatable bonds is 4. The lowest BCUT2D eigenvalue weighted by atomic mass is 9.85. The number of carbonyl (C=O) groups is 2. The van der Waals surface area contributed by atoms with Gasteiger partial charge in [-0.1, -0.05) is 19.1 Å². The molecule has 0 radical (unpaired) electrons. The van der Waals surface area contributed by atoms with Crippen LogP contribution in [0, 0.1) is 0 Å². The molecule has 0 saturated carbocycles. The van der Waals surface area contributed by atoms with E-state index >= 15 is 0 Å². The molecule has 0 fully saturated rings. The topological polar surface area (TPSA) is 77.8 Å². The van der Waals surface area contributed by atoms with E-state index in [2.05, 4.69) is 0 Å². The Kier molecular flexibility index (Phi) is 3.56. The fourth-order valence-electron chi connectivity index (χ4n) is 2.59. The van der Waals surface area contributed by atoms with Crippen molar-refractivity contribution in [2.75, 3.05) is 11.4 Å². The van der Waals surface area contributed by atoms with Crippen LogP contribution in [0.3, 0.4) is 0 Å². The Morgan fingerprint density at radius 3 is 2.60 bits per heavy atom. The number of hydrogen-bond acceptors (Lipinski definition) is 3. The van der Waals surface area contributed by atoms with E-state index in [1.54, 1.807) is 26.0 Å². The van der Waals surface area contributed by atoms with Gasteiger partial charge in [0.2, 0.25) is 5.91 Å². The molecule has 0 saturated heterocycles. The van der Waals surface area contributed by atoms with Gasteiger partial charge < -0.3 is 15.1 Å². The Hall–Kier alpha value is -1.88. The second-order valence-electron chi connectivity index (χ2n) is 5.61. The van der Waals surface area contributed by atoms with Gasteiger partial charge in [0.1, 0.15) is 6.54 Å². The monoisotopic (exact) mass is 277 g/mol.